The number of hydrogen-bond acceptors (Lipinski definition) is 3. The zero-order chi connectivity index (χ0) is 16.8. The van der Waals surface area contributed by atoms with E-state index in [1.165, 1.54) is 6.42 Å². The van der Waals surface area contributed by atoms with Gasteiger partial charge in [0.05, 0.1) is 0 Å². The first-order valence-electron chi connectivity index (χ1n) is 8.38. The van der Waals surface area contributed by atoms with E-state index in [0.29, 0.717) is 12.5 Å². The SMILES string of the molecule is CC1CCCN(C(=O)Nc2ccc(OCc3cccnc3)cc2)C1. The number of ether oxygens (including phenoxy) is 1. The minimum absolute atomic E-state index is 0.0226. The third-order valence-electron chi connectivity index (χ3n) is 4.18. The van der Waals surface area contributed by atoms with E-state index in [2.05, 4.69) is 17.2 Å². The summed E-state index contributed by atoms with van der Waals surface area (Å²) in [5.41, 5.74) is 1.81. The summed E-state index contributed by atoms with van der Waals surface area (Å²) in [4.78, 5) is 18.2. The van der Waals surface area contributed by atoms with Crippen molar-refractivity contribution in [1.82, 2.24) is 9.88 Å². The molecule has 0 saturated carbocycles. The molecular formula is C19H23N3O2. The van der Waals surface area contributed by atoms with Gasteiger partial charge in [-0.2, -0.15) is 0 Å². The second-order valence-electron chi connectivity index (χ2n) is 6.30. The minimum atomic E-state index is -0.0226. The Morgan fingerprint density at radius 2 is 2.17 bits per heavy atom. The molecule has 0 aliphatic carbocycles. The number of aromatic nitrogens is 1. The van der Waals surface area contributed by atoms with Gasteiger partial charge in [-0.05, 0) is 49.1 Å². The molecule has 5 heteroatoms. The third-order valence-corrected chi connectivity index (χ3v) is 4.18. The van der Waals surface area contributed by atoms with Gasteiger partial charge in [0.15, 0.2) is 0 Å². The van der Waals surface area contributed by atoms with Crippen LogP contribution in [0.4, 0.5) is 10.5 Å². The molecule has 1 N–H and O–H groups in total. The fourth-order valence-electron chi connectivity index (χ4n) is 2.86. The molecule has 1 aliphatic heterocycles. The van der Waals surface area contributed by atoms with Crippen molar-refractivity contribution >= 4 is 11.7 Å². The van der Waals surface area contributed by atoms with Crippen molar-refractivity contribution in [3.63, 3.8) is 0 Å². The number of piperidine rings is 1. The summed E-state index contributed by atoms with van der Waals surface area (Å²) >= 11 is 0. The first-order chi connectivity index (χ1) is 11.7. The highest BCUT2D eigenvalue weighted by Crippen LogP contribution is 2.19. The quantitative estimate of drug-likeness (QED) is 0.927. The molecule has 2 amide bonds. The van der Waals surface area contributed by atoms with Crippen molar-refractivity contribution in [2.45, 2.75) is 26.4 Å². The Bertz CT molecular complexity index is 658. The number of hydrogen-bond donors (Lipinski definition) is 1. The predicted molar refractivity (Wildman–Crippen MR) is 94.0 cm³/mol. The third kappa shape index (κ3) is 4.47. The van der Waals surface area contributed by atoms with Crippen molar-refractivity contribution < 1.29 is 9.53 Å². The van der Waals surface area contributed by atoms with Gasteiger partial charge in [-0.25, -0.2) is 4.79 Å². The molecule has 1 aromatic heterocycles. The normalized spacial score (nSPS) is 17.4. The summed E-state index contributed by atoms with van der Waals surface area (Å²) in [7, 11) is 0. The van der Waals surface area contributed by atoms with Gasteiger partial charge in [-0.3, -0.25) is 4.98 Å². The zero-order valence-corrected chi connectivity index (χ0v) is 13.9. The summed E-state index contributed by atoms with van der Waals surface area (Å²) < 4.78 is 5.72. The number of carbonyl (C=O) groups excluding carboxylic acids is 1. The number of pyridine rings is 1. The lowest BCUT2D eigenvalue weighted by molar-refractivity contribution is 0.182. The first kappa shape index (κ1) is 16.3. The van der Waals surface area contributed by atoms with Gasteiger partial charge in [-0.15, -0.1) is 0 Å². The molecule has 24 heavy (non-hydrogen) atoms. The highest BCUT2D eigenvalue weighted by atomic mass is 16.5. The van der Waals surface area contributed by atoms with E-state index in [1.54, 1.807) is 12.4 Å². The number of amides is 2. The van der Waals surface area contributed by atoms with Gasteiger partial charge >= 0.3 is 6.03 Å². The molecule has 5 nitrogen and oxygen atoms in total. The lowest BCUT2D eigenvalue weighted by Crippen LogP contribution is -2.41. The standard InChI is InChI=1S/C19H23N3O2/c1-15-4-3-11-22(13-15)19(23)21-17-6-8-18(9-7-17)24-14-16-5-2-10-20-12-16/h2,5-10,12,15H,3-4,11,13-14H2,1H3,(H,21,23). The van der Waals surface area contributed by atoms with Crippen molar-refractivity contribution in [2.24, 2.45) is 5.92 Å². The lowest BCUT2D eigenvalue weighted by Gasteiger charge is -2.30. The van der Waals surface area contributed by atoms with Crippen molar-refractivity contribution in [1.29, 1.82) is 0 Å². The van der Waals surface area contributed by atoms with E-state index in [0.717, 1.165) is 36.5 Å². The van der Waals surface area contributed by atoms with Crippen molar-refractivity contribution in [3.05, 3.63) is 54.4 Å². The largest absolute Gasteiger partial charge is 0.489 e. The molecule has 2 aromatic rings. The van der Waals surface area contributed by atoms with Gasteiger partial charge in [0.25, 0.3) is 0 Å². The molecule has 1 fully saturated rings. The van der Waals surface area contributed by atoms with Gasteiger partial charge in [-0.1, -0.05) is 13.0 Å². The van der Waals surface area contributed by atoms with E-state index in [1.807, 2.05) is 41.3 Å². The maximum Gasteiger partial charge on any atom is 0.321 e. The summed E-state index contributed by atoms with van der Waals surface area (Å²) in [6.07, 6.45) is 5.81. The molecule has 1 atom stereocenters. The Morgan fingerprint density at radius 1 is 1.33 bits per heavy atom. The van der Waals surface area contributed by atoms with E-state index in [4.69, 9.17) is 4.74 Å². The van der Waals surface area contributed by atoms with Crippen LogP contribution in [-0.4, -0.2) is 29.0 Å². The molecule has 1 saturated heterocycles. The second-order valence-corrected chi connectivity index (χ2v) is 6.30. The molecular weight excluding hydrogens is 302 g/mol. The lowest BCUT2D eigenvalue weighted by atomic mass is 10.0. The molecule has 1 unspecified atom stereocenters. The van der Waals surface area contributed by atoms with Crippen LogP contribution in [0.2, 0.25) is 0 Å². The van der Waals surface area contributed by atoms with E-state index in [-0.39, 0.29) is 6.03 Å². The Morgan fingerprint density at radius 3 is 2.88 bits per heavy atom. The minimum Gasteiger partial charge on any atom is -0.489 e. The van der Waals surface area contributed by atoms with E-state index in [9.17, 15) is 4.79 Å². The molecule has 2 heterocycles. The average molecular weight is 325 g/mol. The maximum absolute atomic E-state index is 12.3. The number of nitrogens with zero attached hydrogens (tertiary/aromatic N) is 2. The molecule has 126 valence electrons. The first-order valence-corrected chi connectivity index (χ1v) is 8.38. The Hall–Kier alpha value is -2.56. The second kappa shape index (κ2) is 7.81. The van der Waals surface area contributed by atoms with Crippen LogP contribution in [0, 0.1) is 5.92 Å². The van der Waals surface area contributed by atoms with Crippen LogP contribution >= 0.6 is 0 Å². The Labute approximate surface area is 142 Å². The number of likely N-dealkylation sites (tertiary alicyclic amines) is 1. The van der Waals surface area contributed by atoms with Crippen LogP contribution in [0.3, 0.4) is 0 Å². The van der Waals surface area contributed by atoms with Gasteiger partial charge in [0, 0.05) is 36.7 Å². The number of nitrogens with one attached hydrogen (secondary N) is 1. The van der Waals surface area contributed by atoms with E-state index >= 15 is 0 Å². The Kier molecular flexibility index (Phi) is 5.31. The topological polar surface area (TPSA) is 54.5 Å². The van der Waals surface area contributed by atoms with Crippen LogP contribution in [0.1, 0.15) is 25.3 Å². The summed E-state index contributed by atoms with van der Waals surface area (Å²) in [5, 5.41) is 2.95. The van der Waals surface area contributed by atoms with Gasteiger partial charge < -0.3 is 15.0 Å². The van der Waals surface area contributed by atoms with Crippen LogP contribution in [0.25, 0.3) is 0 Å². The van der Waals surface area contributed by atoms with Gasteiger partial charge in [0.2, 0.25) is 0 Å². The fraction of sp³-hybridized carbons (Fsp3) is 0.368. The van der Waals surface area contributed by atoms with E-state index < -0.39 is 0 Å². The molecule has 0 spiro atoms. The number of urea groups is 1. The summed E-state index contributed by atoms with van der Waals surface area (Å²) in [5.74, 6) is 1.34. The zero-order valence-electron chi connectivity index (χ0n) is 13.9. The molecule has 1 aromatic carbocycles. The number of carbonyl (C=O) groups is 1. The maximum atomic E-state index is 12.3. The number of rotatable bonds is 4. The van der Waals surface area contributed by atoms with Crippen molar-refractivity contribution in [2.75, 3.05) is 18.4 Å². The van der Waals surface area contributed by atoms with Crippen LogP contribution in [-0.2, 0) is 6.61 Å². The Balaban J connectivity index is 1.51. The summed E-state index contributed by atoms with van der Waals surface area (Å²) in [6, 6.07) is 11.3. The average Bonchev–Trinajstić information content (AvgIpc) is 2.62. The van der Waals surface area contributed by atoms with Crippen LogP contribution in [0.5, 0.6) is 5.75 Å². The molecule has 1 aliphatic rings. The monoisotopic (exact) mass is 325 g/mol. The molecule has 0 radical (unpaired) electrons. The number of anilines is 1. The summed E-state index contributed by atoms with van der Waals surface area (Å²) in [6.45, 7) is 4.33. The fourth-order valence-corrected chi connectivity index (χ4v) is 2.86. The predicted octanol–water partition coefficient (Wildman–Crippen LogP) is 3.92. The van der Waals surface area contributed by atoms with Crippen molar-refractivity contribution in [3.8, 4) is 5.75 Å². The number of benzene rings is 1. The molecule has 0 bridgehead atoms. The smallest absolute Gasteiger partial charge is 0.321 e. The van der Waals surface area contributed by atoms with Gasteiger partial charge in [0.1, 0.15) is 12.4 Å². The highest BCUT2D eigenvalue weighted by molar-refractivity contribution is 5.89. The highest BCUT2D eigenvalue weighted by Gasteiger charge is 2.20. The molecule has 3 rings (SSSR count). The van der Waals surface area contributed by atoms with Crippen LogP contribution < -0.4 is 10.1 Å². The van der Waals surface area contributed by atoms with Crippen LogP contribution in [0.15, 0.2) is 48.8 Å².